The molecule has 1 aromatic heterocycles. The molecule has 1 saturated heterocycles. The lowest BCUT2D eigenvalue weighted by Crippen LogP contribution is -2.41. The van der Waals surface area contributed by atoms with Crippen LogP contribution in [0.5, 0.6) is 0 Å². The first-order chi connectivity index (χ1) is 15.6. The van der Waals surface area contributed by atoms with Crippen molar-refractivity contribution in [3.05, 3.63) is 72.1 Å². The third-order valence-electron chi connectivity index (χ3n) is 6.14. The highest BCUT2D eigenvalue weighted by Gasteiger charge is 2.27. The number of aromatic nitrogens is 2. The third kappa shape index (κ3) is 5.52. The summed E-state index contributed by atoms with van der Waals surface area (Å²) in [6.45, 7) is 5.80. The number of nitrogens with zero attached hydrogens (tertiary/aromatic N) is 3. The average Bonchev–Trinajstić information content (AvgIpc) is 2.84. The molecule has 1 atom stereocenters. The molecule has 166 valence electrons. The van der Waals surface area contributed by atoms with Gasteiger partial charge in [0.25, 0.3) is 0 Å². The molecule has 1 aliphatic rings. The van der Waals surface area contributed by atoms with Gasteiger partial charge in [0.15, 0.2) is 0 Å². The molecule has 0 saturated carbocycles. The Bertz CT molecular complexity index is 1010. The second-order valence-corrected chi connectivity index (χ2v) is 8.71. The molecule has 1 aliphatic heterocycles. The van der Waals surface area contributed by atoms with Crippen LogP contribution >= 0.6 is 0 Å². The number of anilines is 2. The van der Waals surface area contributed by atoms with E-state index in [2.05, 4.69) is 70.4 Å². The molecule has 5 nitrogen and oxygen atoms in total. The Morgan fingerprint density at radius 3 is 2.44 bits per heavy atom. The number of piperidine rings is 1. The van der Waals surface area contributed by atoms with Gasteiger partial charge in [0.05, 0.1) is 5.92 Å². The van der Waals surface area contributed by atoms with E-state index in [0.717, 1.165) is 42.6 Å². The maximum Gasteiger partial charge on any atom is 0.229 e. The lowest BCUT2D eigenvalue weighted by atomic mass is 9.97. The molecule has 1 amide bonds. The van der Waals surface area contributed by atoms with Crippen LogP contribution in [0.25, 0.3) is 11.1 Å². The second kappa shape index (κ2) is 10.4. The van der Waals surface area contributed by atoms with Crippen molar-refractivity contribution in [2.24, 2.45) is 5.92 Å². The lowest BCUT2D eigenvalue weighted by molar-refractivity contribution is -0.120. The molecule has 0 bridgehead atoms. The average molecular weight is 429 g/mol. The first-order valence-corrected chi connectivity index (χ1v) is 11.7. The van der Waals surface area contributed by atoms with Gasteiger partial charge >= 0.3 is 0 Å². The molecule has 0 spiro atoms. The van der Waals surface area contributed by atoms with Crippen molar-refractivity contribution in [1.82, 2.24) is 9.97 Å². The maximum atomic E-state index is 12.9. The molecule has 2 heterocycles. The number of amides is 1. The van der Waals surface area contributed by atoms with Crippen molar-refractivity contribution in [3.63, 3.8) is 0 Å². The van der Waals surface area contributed by atoms with Gasteiger partial charge in [0.1, 0.15) is 0 Å². The zero-order valence-electron chi connectivity index (χ0n) is 19.1. The molecular formula is C27H32N4O. The van der Waals surface area contributed by atoms with Crippen molar-refractivity contribution < 1.29 is 4.79 Å². The lowest BCUT2D eigenvalue weighted by Gasteiger charge is -2.32. The number of hydrogen-bond donors (Lipinski definition) is 1. The molecule has 1 N–H and O–H groups in total. The fourth-order valence-electron chi connectivity index (χ4n) is 4.13. The molecule has 0 aliphatic carbocycles. The van der Waals surface area contributed by atoms with Crippen LogP contribution in [0, 0.1) is 12.8 Å². The molecule has 2 aromatic carbocycles. The smallest absolute Gasteiger partial charge is 0.229 e. The number of aryl methyl sites for hydroxylation is 2. The first-order valence-electron chi connectivity index (χ1n) is 11.7. The van der Waals surface area contributed by atoms with Crippen LogP contribution in [-0.4, -0.2) is 29.0 Å². The topological polar surface area (TPSA) is 58.1 Å². The number of carbonyl (C=O) groups excluding carboxylic acids is 1. The second-order valence-electron chi connectivity index (χ2n) is 8.71. The predicted octanol–water partition coefficient (Wildman–Crippen LogP) is 5.65. The van der Waals surface area contributed by atoms with E-state index in [1.165, 1.54) is 24.0 Å². The molecule has 0 unspecified atom stereocenters. The van der Waals surface area contributed by atoms with Crippen LogP contribution in [0.3, 0.4) is 0 Å². The molecule has 0 radical (unpaired) electrons. The van der Waals surface area contributed by atoms with Crippen LogP contribution < -0.4 is 10.2 Å². The van der Waals surface area contributed by atoms with Crippen molar-refractivity contribution in [3.8, 4) is 11.1 Å². The zero-order valence-corrected chi connectivity index (χ0v) is 19.1. The van der Waals surface area contributed by atoms with E-state index >= 15 is 0 Å². The van der Waals surface area contributed by atoms with Crippen LogP contribution in [0.15, 0.2) is 60.9 Å². The Morgan fingerprint density at radius 2 is 1.75 bits per heavy atom. The van der Waals surface area contributed by atoms with Crippen LogP contribution in [0.2, 0.25) is 0 Å². The Kier molecular flexibility index (Phi) is 7.15. The van der Waals surface area contributed by atoms with E-state index in [1.54, 1.807) is 0 Å². The minimum absolute atomic E-state index is 0.0658. The largest absolute Gasteiger partial charge is 0.340 e. The number of nitrogens with one attached hydrogen (secondary N) is 1. The van der Waals surface area contributed by atoms with Gasteiger partial charge in [0.2, 0.25) is 11.9 Å². The maximum absolute atomic E-state index is 12.9. The van der Waals surface area contributed by atoms with E-state index < -0.39 is 0 Å². The van der Waals surface area contributed by atoms with Gasteiger partial charge in [-0.2, -0.15) is 0 Å². The fourth-order valence-corrected chi connectivity index (χ4v) is 4.13. The highest BCUT2D eigenvalue weighted by atomic mass is 16.1. The van der Waals surface area contributed by atoms with Crippen molar-refractivity contribution in [2.75, 3.05) is 23.3 Å². The van der Waals surface area contributed by atoms with Gasteiger partial charge in [-0.25, -0.2) is 9.97 Å². The van der Waals surface area contributed by atoms with E-state index in [-0.39, 0.29) is 11.8 Å². The minimum atomic E-state index is -0.0658. The summed E-state index contributed by atoms with van der Waals surface area (Å²) in [5.74, 6) is 0.704. The number of unbranched alkanes of at least 4 members (excludes halogenated alkanes) is 1. The number of benzene rings is 2. The van der Waals surface area contributed by atoms with Crippen molar-refractivity contribution >= 4 is 17.5 Å². The van der Waals surface area contributed by atoms with Crippen molar-refractivity contribution in [2.45, 2.75) is 46.0 Å². The minimum Gasteiger partial charge on any atom is -0.340 e. The summed E-state index contributed by atoms with van der Waals surface area (Å²) in [6, 6.07) is 16.6. The van der Waals surface area contributed by atoms with Crippen LogP contribution in [0.4, 0.5) is 11.6 Å². The fraction of sp³-hybridized carbons (Fsp3) is 0.370. The Labute approximate surface area is 190 Å². The normalized spacial score (nSPS) is 16.1. The summed E-state index contributed by atoms with van der Waals surface area (Å²) >= 11 is 0. The SMILES string of the molecule is CCCCc1ccc(NC(=O)[C@H]2CCCN(c3ncc(-c4ccc(C)cc4)cn3)C2)cc1. The van der Waals surface area contributed by atoms with Gasteiger partial charge in [-0.05, 0) is 55.9 Å². The summed E-state index contributed by atoms with van der Waals surface area (Å²) in [5.41, 5.74) is 5.53. The van der Waals surface area contributed by atoms with Gasteiger partial charge < -0.3 is 10.2 Å². The monoisotopic (exact) mass is 428 g/mol. The Hall–Kier alpha value is -3.21. The molecule has 4 rings (SSSR count). The molecule has 3 aromatic rings. The summed E-state index contributed by atoms with van der Waals surface area (Å²) < 4.78 is 0. The highest BCUT2D eigenvalue weighted by molar-refractivity contribution is 5.93. The number of carbonyl (C=O) groups is 1. The number of rotatable bonds is 7. The van der Waals surface area contributed by atoms with Crippen LogP contribution in [0.1, 0.15) is 43.7 Å². The Balaban J connectivity index is 1.36. The molecule has 1 fully saturated rings. The van der Waals surface area contributed by atoms with E-state index in [0.29, 0.717) is 12.5 Å². The zero-order chi connectivity index (χ0) is 22.3. The molecule has 32 heavy (non-hydrogen) atoms. The Morgan fingerprint density at radius 1 is 1.03 bits per heavy atom. The molecular weight excluding hydrogens is 396 g/mol. The standard InChI is InChI=1S/C27H32N4O/c1-3-4-6-21-10-14-25(15-11-21)30-26(32)23-7-5-16-31(19-23)27-28-17-24(18-29-27)22-12-8-20(2)9-13-22/h8-15,17-18,23H,3-7,16,19H2,1-2H3,(H,30,32)/t23-/m0/s1. The molecule has 5 heteroatoms. The van der Waals surface area contributed by atoms with Crippen LogP contribution in [-0.2, 0) is 11.2 Å². The summed E-state index contributed by atoms with van der Waals surface area (Å²) in [7, 11) is 0. The summed E-state index contributed by atoms with van der Waals surface area (Å²) in [6.07, 6.45) is 9.06. The quantitative estimate of drug-likeness (QED) is 0.528. The van der Waals surface area contributed by atoms with Gasteiger partial charge in [-0.1, -0.05) is 55.3 Å². The van der Waals surface area contributed by atoms with E-state index in [4.69, 9.17) is 0 Å². The van der Waals surface area contributed by atoms with Gasteiger partial charge in [0, 0.05) is 36.7 Å². The predicted molar refractivity (Wildman–Crippen MR) is 131 cm³/mol. The summed E-state index contributed by atoms with van der Waals surface area (Å²) in [4.78, 5) is 24.2. The van der Waals surface area contributed by atoms with Gasteiger partial charge in [-0.15, -0.1) is 0 Å². The first kappa shape index (κ1) is 22.0. The highest BCUT2D eigenvalue weighted by Crippen LogP contribution is 2.24. The van der Waals surface area contributed by atoms with E-state index in [1.807, 2.05) is 24.5 Å². The number of hydrogen-bond acceptors (Lipinski definition) is 4. The van der Waals surface area contributed by atoms with Gasteiger partial charge in [-0.3, -0.25) is 4.79 Å². The van der Waals surface area contributed by atoms with E-state index in [9.17, 15) is 4.79 Å². The van der Waals surface area contributed by atoms with Crippen molar-refractivity contribution in [1.29, 1.82) is 0 Å². The summed E-state index contributed by atoms with van der Waals surface area (Å²) in [5, 5.41) is 3.10. The third-order valence-corrected chi connectivity index (χ3v) is 6.14.